The average Bonchev–Trinajstić information content (AvgIpc) is 2.14. The standard InChI is InChI=1S/C12H14O/c1-12(7-10(8-12)9-13)11-5-3-2-4-6-11/h2-6,9-10H,7-8H2,1H3. The molecular weight excluding hydrogens is 160 g/mol. The van der Waals surface area contributed by atoms with Crippen molar-refractivity contribution in [1.29, 1.82) is 0 Å². The van der Waals surface area contributed by atoms with E-state index in [9.17, 15) is 4.79 Å². The Morgan fingerprint density at radius 1 is 1.31 bits per heavy atom. The third-order valence-electron chi connectivity index (χ3n) is 3.09. The van der Waals surface area contributed by atoms with Crippen LogP contribution in [-0.2, 0) is 10.2 Å². The molecule has 13 heavy (non-hydrogen) atoms. The molecule has 1 aromatic carbocycles. The van der Waals surface area contributed by atoms with E-state index in [1.165, 1.54) is 5.56 Å². The lowest BCUT2D eigenvalue weighted by Crippen LogP contribution is -2.39. The molecule has 0 N–H and O–H groups in total. The lowest BCUT2D eigenvalue weighted by Gasteiger charge is -2.43. The highest BCUT2D eigenvalue weighted by Gasteiger charge is 2.40. The van der Waals surface area contributed by atoms with Gasteiger partial charge in [-0.3, -0.25) is 0 Å². The van der Waals surface area contributed by atoms with Crippen LogP contribution < -0.4 is 0 Å². The lowest BCUT2D eigenvalue weighted by atomic mass is 9.60. The molecule has 1 heteroatoms. The van der Waals surface area contributed by atoms with Crippen LogP contribution in [0.1, 0.15) is 25.3 Å². The second-order valence-electron chi connectivity index (χ2n) is 4.23. The van der Waals surface area contributed by atoms with Crippen molar-refractivity contribution in [2.24, 2.45) is 5.92 Å². The maximum atomic E-state index is 10.5. The molecule has 2 rings (SSSR count). The number of carbonyl (C=O) groups is 1. The molecule has 0 spiro atoms. The Morgan fingerprint density at radius 2 is 1.92 bits per heavy atom. The molecular formula is C12H14O. The van der Waals surface area contributed by atoms with Gasteiger partial charge in [-0.05, 0) is 23.8 Å². The summed E-state index contributed by atoms with van der Waals surface area (Å²) >= 11 is 0. The molecule has 0 heterocycles. The number of hydrogen-bond acceptors (Lipinski definition) is 1. The topological polar surface area (TPSA) is 17.1 Å². The predicted molar refractivity (Wildman–Crippen MR) is 52.6 cm³/mol. The fourth-order valence-electron chi connectivity index (χ4n) is 2.27. The molecule has 0 aromatic heterocycles. The Bertz CT molecular complexity index is 296. The monoisotopic (exact) mass is 174 g/mol. The molecule has 1 nitrogen and oxygen atoms in total. The second kappa shape index (κ2) is 2.99. The fraction of sp³-hybridized carbons (Fsp3) is 0.417. The summed E-state index contributed by atoms with van der Waals surface area (Å²) in [5.74, 6) is 0.296. The van der Waals surface area contributed by atoms with E-state index in [-0.39, 0.29) is 5.41 Å². The van der Waals surface area contributed by atoms with Crippen molar-refractivity contribution in [3.63, 3.8) is 0 Å². The zero-order chi connectivity index (χ0) is 9.31. The SMILES string of the molecule is CC1(c2ccccc2)CC(C=O)C1. The van der Waals surface area contributed by atoms with Gasteiger partial charge in [0.05, 0.1) is 0 Å². The molecule has 1 saturated carbocycles. The van der Waals surface area contributed by atoms with E-state index in [4.69, 9.17) is 0 Å². The lowest BCUT2D eigenvalue weighted by molar-refractivity contribution is -0.115. The second-order valence-corrected chi connectivity index (χ2v) is 4.23. The summed E-state index contributed by atoms with van der Waals surface area (Å²) in [4.78, 5) is 10.5. The average molecular weight is 174 g/mol. The molecule has 68 valence electrons. The number of rotatable bonds is 2. The highest BCUT2D eigenvalue weighted by molar-refractivity contribution is 5.57. The molecule has 0 saturated heterocycles. The largest absolute Gasteiger partial charge is 0.303 e. The van der Waals surface area contributed by atoms with Crippen LogP contribution in [-0.4, -0.2) is 6.29 Å². The highest BCUT2D eigenvalue weighted by Crippen LogP contribution is 2.46. The quantitative estimate of drug-likeness (QED) is 0.630. The van der Waals surface area contributed by atoms with Gasteiger partial charge in [0, 0.05) is 5.92 Å². The zero-order valence-corrected chi connectivity index (χ0v) is 7.86. The summed E-state index contributed by atoms with van der Waals surface area (Å²) in [6, 6.07) is 10.5. The summed E-state index contributed by atoms with van der Waals surface area (Å²) in [5, 5.41) is 0. The Hall–Kier alpha value is -1.11. The summed E-state index contributed by atoms with van der Waals surface area (Å²) in [5.41, 5.74) is 1.63. The first-order valence-corrected chi connectivity index (χ1v) is 4.75. The van der Waals surface area contributed by atoms with E-state index in [2.05, 4.69) is 31.2 Å². The number of benzene rings is 1. The minimum atomic E-state index is 0.257. The van der Waals surface area contributed by atoms with Gasteiger partial charge in [-0.2, -0.15) is 0 Å². The maximum absolute atomic E-state index is 10.5. The third-order valence-corrected chi connectivity index (χ3v) is 3.09. The van der Waals surface area contributed by atoms with Gasteiger partial charge in [0.1, 0.15) is 6.29 Å². The first kappa shape index (κ1) is 8.49. The van der Waals surface area contributed by atoms with Crippen LogP contribution in [0, 0.1) is 5.92 Å². The van der Waals surface area contributed by atoms with Crippen LogP contribution in [0.5, 0.6) is 0 Å². The van der Waals surface area contributed by atoms with E-state index in [0.717, 1.165) is 19.1 Å². The molecule has 0 unspecified atom stereocenters. The predicted octanol–water partition coefficient (Wildman–Crippen LogP) is 2.55. The first-order chi connectivity index (χ1) is 6.24. The van der Waals surface area contributed by atoms with Crippen molar-refractivity contribution >= 4 is 6.29 Å². The van der Waals surface area contributed by atoms with Crippen molar-refractivity contribution in [2.75, 3.05) is 0 Å². The number of carbonyl (C=O) groups excluding carboxylic acids is 1. The Kier molecular flexibility index (Phi) is 1.95. The summed E-state index contributed by atoms with van der Waals surface area (Å²) < 4.78 is 0. The Balaban J connectivity index is 2.15. The van der Waals surface area contributed by atoms with E-state index in [1.807, 2.05) is 6.07 Å². The van der Waals surface area contributed by atoms with Gasteiger partial charge >= 0.3 is 0 Å². The van der Waals surface area contributed by atoms with Crippen molar-refractivity contribution in [3.05, 3.63) is 35.9 Å². The fourth-order valence-corrected chi connectivity index (χ4v) is 2.27. The van der Waals surface area contributed by atoms with Gasteiger partial charge in [0.2, 0.25) is 0 Å². The minimum absolute atomic E-state index is 0.257. The highest BCUT2D eigenvalue weighted by atomic mass is 16.1. The van der Waals surface area contributed by atoms with Gasteiger partial charge < -0.3 is 4.79 Å². The molecule has 1 aromatic rings. The van der Waals surface area contributed by atoms with Gasteiger partial charge in [-0.15, -0.1) is 0 Å². The van der Waals surface area contributed by atoms with Gasteiger partial charge in [-0.1, -0.05) is 37.3 Å². The number of aldehydes is 1. The van der Waals surface area contributed by atoms with Crippen LogP contribution in [0.25, 0.3) is 0 Å². The molecule has 1 aliphatic carbocycles. The Labute approximate surface area is 78.8 Å². The van der Waals surface area contributed by atoms with Gasteiger partial charge in [-0.25, -0.2) is 0 Å². The van der Waals surface area contributed by atoms with Crippen molar-refractivity contribution in [2.45, 2.75) is 25.2 Å². The zero-order valence-electron chi connectivity index (χ0n) is 7.86. The van der Waals surface area contributed by atoms with E-state index < -0.39 is 0 Å². The molecule has 0 aliphatic heterocycles. The molecule has 0 bridgehead atoms. The van der Waals surface area contributed by atoms with E-state index >= 15 is 0 Å². The molecule has 0 amide bonds. The smallest absolute Gasteiger partial charge is 0.123 e. The van der Waals surface area contributed by atoms with Crippen LogP contribution in [0.4, 0.5) is 0 Å². The summed E-state index contributed by atoms with van der Waals surface area (Å²) in [6.07, 6.45) is 3.12. The first-order valence-electron chi connectivity index (χ1n) is 4.75. The number of hydrogen-bond donors (Lipinski definition) is 0. The van der Waals surface area contributed by atoms with E-state index in [1.54, 1.807) is 0 Å². The van der Waals surface area contributed by atoms with Crippen molar-refractivity contribution in [3.8, 4) is 0 Å². The third kappa shape index (κ3) is 1.39. The molecule has 1 fully saturated rings. The van der Waals surface area contributed by atoms with Crippen LogP contribution in [0.3, 0.4) is 0 Å². The molecule has 0 atom stereocenters. The summed E-state index contributed by atoms with van der Waals surface area (Å²) in [6.45, 7) is 2.24. The van der Waals surface area contributed by atoms with Gasteiger partial charge in [0.25, 0.3) is 0 Å². The summed E-state index contributed by atoms with van der Waals surface area (Å²) in [7, 11) is 0. The van der Waals surface area contributed by atoms with Gasteiger partial charge in [0.15, 0.2) is 0 Å². The van der Waals surface area contributed by atoms with Crippen LogP contribution >= 0.6 is 0 Å². The Morgan fingerprint density at radius 3 is 2.46 bits per heavy atom. The van der Waals surface area contributed by atoms with Crippen LogP contribution in [0.2, 0.25) is 0 Å². The van der Waals surface area contributed by atoms with Crippen molar-refractivity contribution < 1.29 is 4.79 Å². The molecule has 0 radical (unpaired) electrons. The normalized spacial score (nSPS) is 32.2. The maximum Gasteiger partial charge on any atom is 0.123 e. The molecule has 1 aliphatic rings. The van der Waals surface area contributed by atoms with Crippen molar-refractivity contribution in [1.82, 2.24) is 0 Å². The minimum Gasteiger partial charge on any atom is -0.303 e. The van der Waals surface area contributed by atoms with Crippen LogP contribution in [0.15, 0.2) is 30.3 Å². The van der Waals surface area contributed by atoms with E-state index in [0.29, 0.717) is 5.92 Å².